The van der Waals surface area contributed by atoms with Gasteiger partial charge in [0.2, 0.25) is 0 Å². The third-order valence-electron chi connectivity index (χ3n) is 10.8. The summed E-state index contributed by atoms with van der Waals surface area (Å²) in [6, 6.07) is 56.3. The van der Waals surface area contributed by atoms with Crippen LogP contribution in [0.15, 0.2) is 170 Å². The van der Waals surface area contributed by atoms with Crippen LogP contribution < -0.4 is 0 Å². The van der Waals surface area contributed by atoms with Crippen LogP contribution >= 0.6 is 11.3 Å². The molecule has 0 aliphatic heterocycles. The van der Waals surface area contributed by atoms with Crippen LogP contribution in [-0.4, -0.2) is 9.13 Å². The molecule has 240 valence electrons. The molecule has 0 fully saturated rings. The minimum atomic E-state index is 1.05. The fourth-order valence-electron chi connectivity index (χ4n) is 8.45. The first-order chi connectivity index (χ1) is 25.3. The number of aromatic nitrogens is 2. The lowest BCUT2D eigenvalue weighted by Gasteiger charge is -2.14. The summed E-state index contributed by atoms with van der Waals surface area (Å²) in [6.45, 7) is 0. The van der Waals surface area contributed by atoms with Gasteiger partial charge in [0.1, 0.15) is 0 Å². The van der Waals surface area contributed by atoms with E-state index in [1.165, 1.54) is 97.4 Å². The fraction of sp³-hybridized carbons (Fsp3) is 0.0417. The lowest BCUT2D eigenvalue weighted by molar-refractivity contribution is 0.979. The first-order valence-corrected chi connectivity index (χ1v) is 18.6. The average Bonchev–Trinajstić information content (AvgIpc) is 3.85. The molecule has 3 heteroatoms. The standard InChI is InChI=1S/C48H32N2S/c1-3-12-31(13-4-1)32-22-26-43-39(28-32)40-30-34(24-27-44(40)50(43)45-19-11-21-47-48(45)37-17-8-10-20-46(37)51-47)33-23-25-42-38(29-33)36-16-7-9-18-41(36)49(42)35-14-5-2-6-15-35/h1-5,7-14,16-30H,6,15H2. The van der Waals surface area contributed by atoms with Gasteiger partial charge in [-0.25, -0.2) is 0 Å². The van der Waals surface area contributed by atoms with E-state index in [1.807, 2.05) is 11.3 Å². The number of allylic oxidation sites excluding steroid dienone is 4. The van der Waals surface area contributed by atoms with Crippen molar-refractivity contribution in [1.29, 1.82) is 0 Å². The normalized spacial score (nSPS) is 13.4. The highest BCUT2D eigenvalue weighted by molar-refractivity contribution is 7.25. The molecule has 0 unspecified atom stereocenters. The van der Waals surface area contributed by atoms with Crippen LogP contribution in [0.3, 0.4) is 0 Å². The summed E-state index contributed by atoms with van der Waals surface area (Å²) >= 11 is 1.87. The highest BCUT2D eigenvalue weighted by Gasteiger charge is 2.19. The molecule has 0 N–H and O–H groups in total. The molecule has 51 heavy (non-hydrogen) atoms. The fourth-order valence-corrected chi connectivity index (χ4v) is 9.58. The van der Waals surface area contributed by atoms with Gasteiger partial charge in [-0.3, -0.25) is 0 Å². The zero-order chi connectivity index (χ0) is 33.5. The van der Waals surface area contributed by atoms with E-state index in [9.17, 15) is 0 Å². The maximum atomic E-state index is 2.49. The minimum Gasteiger partial charge on any atom is -0.313 e. The first-order valence-electron chi connectivity index (χ1n) is 17.7. The molecule has 0 amide bonds. The number of hydrogen-bond acceptors (Lipinski definition) is 1. The van der Waals surface area contributed by atoms with Crippen molar-refractivity contribution in [2.75, 3.05) is 0 Å². The molecule has 0 saturated heterocycles. The van der Waals surface area contributed by atoms with E-state index in [-0.39, 0.29) is 0 Å². The van der Waals surface area contributed by atoms with Crippen LogP contribution in [0.25, 0.3) is 97.4 Å². The number of thiophene rings is 1. The van der Waals surface area contributed by atoms with Crippen LogP contribution in [0, 0.1) is 0 Å². The minimum absolute atomic E-state index is 1.05. The molecule has 3 aromatic heterocycles. The predicted octanol–water partition coefficient (Wildman–Crippen LogP) is 13.8. The van der Waals surface area contributed by atoms with Crippen molar-refractivity contribution in [2.45, 2.75) is 12.8 Å². The van der Waals surface area contributed by atoms with E-state index in [0.29, 0.717) is 0 Å². The second kappa shape index (κ2) is 11.2. The number of fused-ring (bicyclic) bond motifs is 9. The molecule has 0 radical (unpaired) electrons. The Kier molecular flexibility index (Phi) is 6.28. The highest BCUT2D eigenvalue weighted by Crippen LogP contribution is 2.43. The second-order valence-corrected chi connectivity index (χ2v) is 14.7. The van der Waals surface area contributed by atoms with Crippen LogP contribution in [0.5, 0.6) is 0 Å². The Hall–Kier alpha value is -6.16. The smallest absolute Gasteiger partial charge is 0.0555 e. The maximum Gasteiger partial charge on any atom is 0.0555 e. The molecule has 0 atom stereocenters. The summed E-state index contributed by atoms with van der Waals surface area (Å²) in [4.78, 5) is 0. The van der Waals surface area contributed by atoms with Crippen LogP contribution in [-0.2, 0) is 0 Å². The molecule has 1 aliphatic rings. The molecule has 7 aromatic carbocycles. The Morgan fingerprint density at radius 2 is 1.02 bits per heavy atom. The van der Waals surface area contributed by atoms with Gasteiger partial charge in [0.25, 0.3) is 0 Å². The van der Waals surface area contributed by atoms with Crippen molar-refractivity contribution in [3.8, 4) is 27.9 Å². The van der Waals surface area contributed by atoms with Crippen molar-refractivity contribution in [3.05, 3.63) is 170 Å². The van der Waals surface area contributed by atoms with E-state index < -0.39 is 0 Å². The van der Waals surface area contributed by atoms with Gasteiger partial charge in [-0.1, -0.05) is 103 Å². The summed E-state index contributed by atoms with van der Waals surface area (Å²) in [5.41, 5.74) is 12.5. The van der Waals surface area contributed by atoms with Gasteiger partial charge >= 0.3 is 0 Å². The number of benzene rings is 7. The van der Waals surface area contributed by atoms with E-state index in [0.717, 1.165) is 12.8 Å². The van der Waals surface area contributed by atoms with Gasteiger partial charge in [-0.2, -0.15) is 0 Å². The van der Waals surface area contributed by atoms with E-state index in [1.54, 1.807) is 0 Å². The highest BCUT2D eigenvalue weighted by atomic mass is 32.1. The lowest BCUT2D eigenvalue weighted by atomic mass is 9.99. The summed E-state index contributed by atoms with van der Waals surface area (Å²) in [7, 11) is 0. The molecule has 0 saturated carbocycles. The van der Waals surface area contributed by atoms with Crippen molar-refractivity contribution in [3.63, 3.8) is 0 Å². The molecule has 11 rings (SSSR count). The van der Waals surface area contributed by atoms with Crippen molar-refractivity contribution >= 4 is 80.8 Å². The Labute approximate surface area is 299 Å². The number of rotatable bonds is 4. The number of para-hydroxylation sites is 1. The predicted molar refractivity (Wildman–Crippen MR) is 220 cm³/mol. The zero-order valence-electron chi connectivity index (χ0n) is 27.9. The topological polar surface area (TPSA) is 9.86 Å². The molecule has 3 heterocycles. The Balaban J connectivity index is 1.17. The Morgan fingerprint density at radius 3 is 1.75 bits per heavy atom. The molecular weight excluding hydrogens is 637 g/mol. The van der Waals surface area contributed by atoms with Crippen LogP contribution in [0.1, 0.15) is 12.8 Å². The monoisotopic (exact) mass is 668 g/mol. The van der Waals surface area contributed by atoms with Gasteiger partial charge in [0.05, 0.1) is 27.8 Å². The van der Waals surface area contributed by atoms with Gasteiger partial charge in [0, 0.05) is 47.4 Å². The number of nitrogens with zero attached hydrogens (tertiary/aromatic N) is 2. The molecular formula is C48H32N2S. The van der Waals surface area contributed by atoms with E-state index in [4.69, 9.17) is 0 Å². The Morgan fingerprint density at radius 1 is 0.431 bits per heavy atom. The lowest BCUT2D eigenvalue weighted by Crippen LogP contribution is -1.98. The van der Waals surface area contributed by atoms with Gasteiger partial charge in [-0.15, -0.1) is 11.3 Å². The molecule has 0 spiro atoms. The third-order valence-corrected chi connectivity index (χ3v) is 11.9. The summed E-state index contributed by atoms with van der Waals surface area (Å²) in [5, 5.41) is 7.75. The number of hydrogen-bond donors (Lipinski definition) is 0. The molecule has 2 nitrogen and oxygen atoms in total. The van der Waals surface area contributed by atoms with Gasteiger partial charge < -0.3 is 9.13 Å². The molecule has 0 bridgehead atoms. The van der Waals surface area contributed by atoms with Crippen LogP contribution in [0.4, 0.5) is 0 Å². The second-order valence-electron chi connectivity index (χ2n) is 13.6. The van der Waals surface area contributed by atoms with Crippen molar-refractivity contribution in [2.24, 2.45) is 0 Å². The average molecular weight is 669 g/mol. The van der Waals surface area contributed by atoms with Gasteiger partial charge in [-0.05, 0) is 102 Å². The quantitative estimate of drug-likeness (QED) is 0.177. The SMILES string of the molecule is C1=CCCC(n2c3ccccc3c3cc(-c4ccc5c(c4)c4cc(-c6ccccc6)ccc4n5-c4cccc5sc6ccccc6c45)ccc32)=C1. The summed E-state index contributed by atoms with van der Waals surface area (Å²) < 4.78 is 7.60. The van der Waals surface area contributed by atoms with E-state index >= 15 is 0 Å². The summed E-state index contributed by atoms with van der Waals surface area (Å²) in [6.07, 6.45) is 8.86. The first kappa shape index (κ1) is 28.7. The molecule has 10 aromatic rings. The zero-order valence-corrected chi connectivity index (χ0v) is 28.7. The third kappa shape index (κ3) is 4.35. The van der Waals surface area contributed by atoms with Crippen LogP contribution in [0.2, 0.25) is 0 Å². The largest absolute Gasteiger partial charge is 0.313 e. The van der Waals surface area contributed by atoms with Crippen molar-refractivity contribution in [1.82, 2.24) is 9.13 Å². The Bertz CT molecular complexity index is 3070. The molecule has 1 aliphatic carbocycles. The maximum absolute atomic E-state index is 2.49. The van der Waals surface area contributed by atoms with E-state index in [2.05, 4.69) is 179 Å². The van der Waals surface area contributed by atoms with Gasteiger partial charge in [0.15, 0.2) is 0 Å². The summed E-state index contributed by atoms with van der Waals surface area (Å²) in [5.74, 6) is 0. The van der Waals surface area contributed by atoms with Crippen molar-refractivity contribution < 1.29 is 0 Å².